The minimum Gasteiger partial charge on any atom is -0.491 e. The highest BCUT2D eigenvalue weighted by atomic mass is 35.5. The number of esters is 1. The molecule has 0 bridgehead atoms. The summed E-state index contributed by atoms with van der Waals surface area (Å²) in [5.74, 6) is 0.304. The fourth-order valence-corrected chi connectivity index (χ4v) is 3.21. The van der Waals surface area contributed by atoms with Crippen molar-refractivity contribution in [2.45, 2.75) is 44.0 Å². The summed E-state index contributed by atoms with van der Waals surface area (Å²) in [6.45, 7) is 0.363. The van der Waals surface area contributed by atoms with Crippen LogP contribution in [0.3, 0.4) is 0 Å². The summed E-state index contributed by atoms with van der Waals surface area (Å²) in [7, 11) is 1.38. The summed E-state index contributed by atoms with van der Waals surface area (Å²) >= 11 is 5.90. The van der Waals surface area contributed by atoms with Crippen LogP contribution in [0.25, 0.3) is 0 Å². The summed E-state index contributed by atoms with van der Waals surface area (Å²) in [6, 6.07) is 6.98. The molecule has 7 heteroatoms. The van der Waals surface area contributed by atoms with Crippen molar-refractivity contribution < 1.29 is 29.2 Å². The zero-order chi connectivity index (χ0) is 21.1. The molecule has 160 valence electrons. The molecule has 1 heterocycles. The number of aliphatic hydroxyl groups is 2. The van der Waals surface area contributed by atoms with Gasteiger partial charge in [0.15, 0.2) is 0 Å². The summed E-state index contributed by atoms with van der Waals surface area (Å²) in [4.78, 5) is 11.1. The van der Waals surface area contributed by atoms with Gasteiger partial charge in [0.25, 0.3) is 0 Å². The number of hydrogen-bond acceptors (Lipinski definition) is 6. The largest absolute Gasteiger partial charge is 0.491 e. The minimum absolute atomic E-state index is 0.0795. The lowest BCUT2D eigenvalue weighted by Crippen LogP contribution is -2.23. The van der Waals surface area contributed by atoms with Gasteiger partial charge in [-0.25, -0.2) is 0 Å². The van der Waals surface area contributed by atoms with E-state index >= 15 is 0 Å². The Morgan fingerprint density at radius 2 is 2.24 bits per heavy atom. The normalized spacial score (nSPS) is 23.0. The third-order valence-corrected chi connectivity index (χ3v) is 4.90. The van der Waals surface area contributed by atoms with Crippen LogP contribution in [-0.4, -0.2) is 54.8 Å². The highest BCUT2D eigenvalue weighted by Crippen LogP contribution is 2.26. The average Bonchev–Trinajstić information content (AvgIpc) is 3.06. The quantitative estimate of drug-likeness (QED) is 0.322. The van der Waals surface area contributed by atoms with Gasteiger partial charge in [-0.05, 0) is 37.5 Å². The van der Waals surface area contributed by atoms with E-state index < -0.39 is 12.2 Å². The summed E-state index contributed by atoms with van der Waals surface area (Å²) < 4.78 is 15.8. The first-order chi connectivity index (χ1) is 14.0. The Bertz CT molecular complexity index is 690. The van der Waals surface area contributed by atoms with Gasteiger partial charge in [0, 0.05) is 17.4 Å². The number of methoxy groups -OCH3 is 1. The van der Waals surface area contributed by atoms with E-state index in [-0.39, 0.29) is 31.2 Å². The molecule has 0 amide bonds. The van der Waals surface area contributed by atoms with Gasteiger partial charge in [0.05, 0.1) is 25.9 Å². The summed E-state index contributed by atoms with van der Waals surface area (Å²) in [5.41, 5.74) is 0. The third-order valence-electron chi connectivity index (χ3n) is 4.67. The van der Waals surface area contributed by atoms with E-state index in [1.165, 1.54) is 7.11 Å². The SMILES string of the molecule is COC(=O)CCC/C=C/CC1C(O)COC1/C=C/C(O)COc1cccc(Cl)c1. The van der Waals surface area contributed by atoms with Crippen molar-refractivity contribution in [1.82, 2.24) is 0 Å². The lowest BCUT2D eigenvalue weighted by atomic mass is 9.94. The van der Waals surface area contributed by atoms with Gasteiger partial charge in [-0.2, -0.15) is 0 Å². The predicted octanol–water partition coefficient (Wildman–Crippen LogP) is 3.30. The van der Waals surface area contributed by atoms with Gasteiger partial charge in [0.1, 0.15) is 18.5 Å². The maximum absolute atomic E-state index is 11.1. The van der Waals surface area contributed by atoms with Crippen LogP contribution in [0, 0.1) is 5.92 Å². The molecule has 1 aliphatic rings. The number of hydrogen-bond donors (Lipinski definition) is 2. The molecule has 1 saturated heterocycles. The van der Waals surface area contributed by atoms with Crippen LogP contribution in [0.1, 0.15) is 25.7 Å². The van der Waals surface area contributed by atoms with E-state index in [2.05, 4.69) is 4.74 Å². The molecule has 0 radical (unpaired) electrons. The zero-order valence-corrected chi connectivity index (χ0v) is 17.3. The molecule has 6 nitrogen and oxygen atoms in total. The lowest BCUT2D eigenvalue weighted by Gasteiger charge is -2.16. The molecule has 2 rings (SSSR count). The maximum Gasteiger partial charge on any atom is 0.305 e. The molecule has 1 aromatic carbocycles. The molecule has 29 heavy (non-hydrogen) atoms. The number of rotatable bonds is 11. The minimum atomic E-state index is -0.801. The van der Waals surface area contributed by atoms with Gasteiger partial charge in [0.2, 0.25) is 0 Å². The monoisotopic (exact) mass is 424 g/mol. The van der Waals surface area contributed by atoms with E-state index in [4.69, 9.17) is 21.1 Å². The Morgan fingerprint density at radius 3 is 3.00 bits per heavy atom. The molecule has 1 aromatic rings. The number of halogens is 1. The second kappa shape index (κ2) is 12.6. The van der Waals surface area contributed by atoms with Crippen molar-refractivity contribution in [1.29, 1.82) is 0 Å². The number of unbranched alkanes of at least 4 members (excludes halogenated alkanes) is 1. The van der Waals surface area contributed by atoms with Crippen molar-refractivity contribution in [3.8, 4) is 5.75 Å². The van der Waals surface area contributed by atoms with Crippen molar-refractivity contribution in [2.75, 3.05) is 20.3 Å². The van der Waals surface area contributed by atoms with Crippen LogP contribution in [0.4, 0.5) is 0 Å². The van der Waals surface area contributed by atoms with Gasteiger partial charge < -0.3 is 24.4 Å². The summed E-state index contributed by atoms with van der Waals surface area (Å²) in [5, 5.41) is 20.8. The molecule has 0 saturated carbocycles. The van der Waals surface area contributed by atoms with Crippen LogP contribution in [0.5, 0.6) is 5.75 Å². The molecule has 2 N–H and O–H groups in total. The molecule has 1 fully saturated rings. The maximum atomic E-state index is 11.1. The Labute approximate surface area is 176 Å². The van der Waals surface area contributed by atoms with Crippen LogP contribution in [0.2, 0.25) is 5.02 Å². The molecule has 0 aromatic heterocycles. The first-order valence-electron chi connectivity index (χ1n) is 9.76. The highest BCUT2D eigenvalue weighted by molar-refractivity contribution is 6.30. The number of ether oxygens (including phenoxy) is 3. The van der Waals surface area contributed by atoms with Crippen LogP contribution >= 0.6 is 11.6 Å². The number of aliphatic hydroxyl groups excluding tert-OH is 2. The second-order valence-electron chi connectivity index (χ2n) is 6.93. The van der Waals surface area contributed by atoms with E-state index in [0.29, 0.717) is 23.6 Å². The van der Waals surface area contributed by atoms with E-state index in [9.17, 15) is 15.0 Å². The molecule has 4 unspecified atom stereocenters. The molecular formula is C22H29ClO6. The Kier molecular flexibility index (Phi) is 10.2. The number of carbonyl (C=O) groups excluding carboxylic acids is 1. The Hall–Kier alpha value is -1.86. The molecule has 0 aliphatic carbocycles. The summed E-state index contributed by atoms with van der Waals surface area (Å²) in [6.07, 6.45) is 8.34. The van der Waals surface area contributed by atoms with Gasteiger partial charge >= 0.3 is 5.97 Å². The lowest BCUT2D eigenvalue weighted by molar-refractivity contribution is -0.140. The Balaban J connectivity index is 1.75. The van der Waals surface area contributed by atoms with Crippen molar-refractivity contribution in [3.05, 3.63) is 53.6 Å². The van der Waals surface area contributed by atoms with Crippen molar-refractivity contribution in [3.63, 3.8) is 0 Å². The standard InChI is InChI=1S/C22H29ClO6/c1-27-22(26)10-5-3-2-4-9-19-20(25)15-29-21(19)12-11-17(24)14-28-18-8-6-7-16(23)13-18/h2,4,6-8,11-13,17,19-21,24-25H,3,5,9-10,14-15H2,1H3/b4-2+,12-11+. The average molecular weight is 425 g/mol. The van der Waals surface area contributed by atoms with Crippen LogP contribution in [-0.2, 0) is 14.3 Å². The number of carbonyl (C=O) groups is 1. The zero-order valence-electron chi connectivity index (χ0n) is 16.6. The highest BCUT2D eigenvalue weighted by Gasteiger charge is 2.33. The molecule has 1 aliphatic heterocycles. The third kappa shape index (κ3) is 8.58. The van der Waals surface area contributed by atoms with Gasteiger partial charge in [-0.1, -0.05) is 42.0 Å². The van der Waals surface area contributed by atoms with Crippen LogP contribution in [0.15, 0.2) is 48.6 Å². The Morgan fingerprint density at radius 1 is 1.41 bits per heavy atom. The smallest absolute Gasteiger partial charge is 0.305 e. The van der Waals surface area contributed by atoms with E-state index in [1.54, 1.807) is 36.4 Å². The van der Waals surface area contributed by atoms with Crippen molar-refractivity contribution in [2.24, 2.45) is 5.92 Å². The topological polar surface area (TPSA) is 85.2 Å². The first kappa shape index (κ1) is 23.4. The van der Waals surface area contributed by atoms with Crippen molar-refractivity contribution >= 4 is 17.6 Å². The molecule has 0 spiro atoms. The first-order valence-corrected chi connectivity index (χ1v) is 10.1. The fraction of sp³-hybridized carbons (Fsp3) is 0.500. The fourth-order valence-electron chi connectivity index (χ4n) is 3.03. The van der Waals surface area contributed by atoms with Gasteiger partial charge in [-0.3, -0.25) is 4.79 Å². The van der Waals surface area contributed by atoms with E-state index in [0.717, 1.165) is 12.8 Å². The molecular weight excluding hydrogens is 396 g/mol. The number of benzene rings is 1. The van der Waals surface area contributed by atoms with Crippen LogP contribution < -0.4 is 4.74 Å². The second-order valence-corrected chi connectivity index (χ2v) is 7.36. The van der Waals surface area contributed by atoms with Gasteiger partial charge in [-0.15, -0.1) is 0 Å². The number of allylic oxidation sites excluding steroid dienone is 2. The molecule has 4 atom stereocenters. The van der Waals surface area contributed by atoms with E-state index in [1.807, 2.05) is 12.2 Å². The predicted molar refractivity (Wildman–Crippen MR) is 111 cm³/mol.